The highest BCUT2D eigenvalue weighted by molar-refractivity contribution is 6.47. The van der Waals surface area contributed by atoms with E-state index in [1.165, 1.54) is 18.3 Å². The van der Waals surface area contributed by atoms with Gasteiger partial charge < -0.3 is 0 Å². The minimum Gasteiger partial charge on any atom is -0.293 e. The van der Waals surface area contributed by atoms with Crippen LogP contribution in [-0.4, -0.2) is 47.9 Å². The highest BCUT2D eigenvalue weighted by atomic mass is 16.2. The first-order valence-corrected chi connectivity index (χ1v) is 5.82. The number of fused-ring (bicyclic) bond motifs is 1. The molecule has 0 N–H and O–H groups in total. The van der Waals surface area contributed by atoms with Gasteiger partial charge in [0.25, 0.3) is 5.91 Å². The number of amides is 3. The van der Waals surface area contributed by atoms with Gasteiger partial charge in [0.1, 0.15) is 6.34 Å². The van der Waals surface area contributed by atoms with Crippen LogP contribution in [0.1, 0.15) is 5.56 Å². The molecular weight excluding hydrogens is 244 g/mol. The third-order valence-corrected chi connectivity index (χ3v) is 3.50. The number of carbonyl (C=O) groups is 2. The van der Waals surface area contributed by atoms with E-state index in [9.17, 15) is 9.59 Å². The highest BCUT2D eigenvalue weighted by Gasteiger charge is 2.55. The monoisotopic (exact) mass is 256 g/mol. The van der Waals surface area contributed by atoms with Crippen LogP contribution in [-0.2, 0) is 10.5 Å². The standard InChI is InChI=1S/C13H12N4O2/c1-16-11(18)10-13(15-8-14-10,17(2)12(16)19)9-6-4-3-5-7-9/h3-8H,1-2H3. The lowest BCUT2D eigenvalue weighted by Gasteiger charge is -2.42. The van der Waals surface area contributed by atoms with E-state index < -0.39 is 17.6 Å². The third-order valence-electron chi connectivity index (χ3n) is 3.50. The van der Waals surface area contributed by atoms with Gasteiger partial charge in [-0.1, -0.05) is 30.3 Å². The second-order valence-corrected chi connectivity index (χ2v) is 4.47. The van der Waals surface area contributed by atoms with Gasteiger partial charge in [-0.25, -0.2) is 14.8 Å². The zero-order valence-corrected chi connectivity index (χ0v) is 10.6. The summed E-state index contributed by atoms with van der Waals surface area (Å²) in [6.07, 6.45) is 1.34. The summed E-state index contributed by atoms with van der Waals surface area (Å²) in [5, 5.41) is 0. The minimum atomic E-state index is -1.12. The van der Waals surface area contributed by atoms with Gasteiger partial charge in [-0.05, 0) is 0 Å². The molecule has 3 amide bonds. The van der Waals surface area contributed by atoms with E-state index >= 15 is 0 Å². The average molecular weight is 256 g/mol. The summed E-state index contributed by atoms with van der Waals surface area (Å²) in [6, 6.07) is 8.83. The topological polar surface area (TPSA) is 65.3 Å². The van der Waals surface area contributed by atoms with Crippen molar-refractivity contribution in [1.82, 2.24) is 9.80 Å². The SMILES string of the molecule is CN1C(=O)C2=NC=NC2(c2ccccc2)N(C)C1=O. The van der Waals surface area contributed by atoms with Gasteiger partial charge in [0, 0.05) is 19.7 Å². The summed E-state index contributed by atoms with van der Waals surface area (Å²) < 4.78 is 0. The lowest BCUT2D eigenvalue weighted by Crippen LogP contribution is -2.64. The molecule has 2 heterocycles. The first-order chi connectivity index (χ1) is 9.09. The summed E-state index contributed by atoms with van der Waals surface area (Å²) in [6.45, 7) is 0. The predicted octanol–water partition coefficient (Wildman–Crippen LogP) is 0.846. The van der Waals surface area contributed by atoms with Crippen LogP contribution in [0.15, 0.2) is 40.3 Å². The van der Waals surface area contributed by atoms with E-state index in [0.717, 1.165) is 10.5 Å². The van der Waals surface area contributed by atoms with Crippen molar-refractivity contribution in [3.05, 3.63) is 35.9 Å². The van der Waals surface area contributed by atoms with Crippen molar-refractivity contribution >= 4 is 24.0 Å². The second-order valence-electron chi connectivity index (χ2n) is 4.47. The molecule has 0 saturated carbocycles. The lowest BCUT2D eigenvalue weighted by atomic mass is 9.91. The molecule has 1 fully saturated rings. The molecule has 0 radical (unpaired) electrons. The minimum absolute atomic E-state index is 0.253. The summed E-state index contributed by atoms with van der Waals surface area (Å²) in [5.41, 5.74) is -0.120. The van der Waals surface area contributed by atoms with Gasteiger partial charge >= 0.3 is 6.03 Å². The Balaban J connectivity index is 2.23. The van der Waals surface area contributed by atoms with Crippen LogP contribution in [0.4, 0.5) is 4.79 Å². The Bertz CT molecular complexity index is 623. The van der Waals surface area contributed by atoms with Crippen molar-refractivity contribution in [2.75, 3.05) is 14.1 Å². The Kier molecular flexibility index (Phi) is 2.28. The van der Waals surface area contributed by atoms with Gasteiger partial charge in [0.15, 0.2) is 5.71 Å². The molecule has 1 atom stereocenters. The van der Waals surface area contributed by atoms with Crippen LogP contribution in [0.2, 0.25) is 0 Å². The van der Waals surface area contributed by atoms with E-state index in [1.807, 2.05) is 30.3 Å². The number of aliphatic imine (C=N–C) groups is 2. The summed E-state index contributed by atoms with van der Waals surface area (Å²) in [4.78, 5) is 35.2. The fraction of sp³-hybridized carbons (Fsp3) is 0.231. The molecular formula is C13H12N4O2. The fourth-order valence-corrected chi connectivity index (χ4v) is 2.46. The van der Waals surface area contributed by atoms with E-state index in [4.69, 9.17) is 0 Å². The number of hydrogen-bond acceptors (Lipinski definition) is 4. The lowest BCUT2D eigenvalue weighted by molar-refractivity contribution is -0.123. The van der Waals surface area contributed by atoms with Crippen LogP contribution in [0.25, 0.3) is 0 Å². The molecule has 0 spiro atoms. The van der Waals surface area contributed by atoms with Crippen LogP contribution in [0.3, 0.4) is 0 Å². The van der Waals surface area contributed by atoms with Gasteiger partial charge in [-0.3, -0.25) is 14.6 Å². The number of imide groups is 1. The molecule has 1 saturated heterocycles. The predicted molar refractivity (Wildman–Crippen MR) is 70.0 cm³/mol. The molecule has 96 valence electrons. The maximum Gasteiger partial charge on any atom is 0.328 e. The Hall–Kier alpha value is -2.50. The fourth-order valence-electron chi connectivity index (χ4n) is 2.46. The Morgan fingerprint density at radius 2 is 1.79 bits per heavy atom. The maximum atomic E-state index is 12.2. The smallest absolute Gasteiger partial charge is 0.293 e. The molecule has 19 heavy (non-hydrogen) atoms. The van der Waals surface area contributed by atoms with E-state index in [2.05, 4.69) is 9.98 Å². The van der Waals surface area contributed by atoms with Crippen LogP contribution < -0.4 is 0 Å². The van der Waals surface area contributed by atoms with Crippen molar-refractivity contribution in [2.24, 2.45) is 9.98 Å². The zero-order chi connectivity index (χ0) is 13.6. The molecule has 0 bridgehead atoms. The number of carbonyl (C=O) groups excluding carboxylic acids is 2. The molecule has 0 aliphatic carbocycles. The van der Waals surface area contributed by atoms with E-state index in [-0.39, 0.29) is 5.71 Å². The molecule has 1 aromatic carbocycles. The van der Waals surface area contributed by atoms with E-state index in [0.29, 0.717) is 0 Å². The largest absolute Gasteiger partial charge is 0.328 e. The molecule has 6 heteroatoms. The normalized spacial score (nSPS) is 25.7. The van der Waals surface area contributed by atoms with E-state index in [1.54, 1.807) is 7.05 Å². The van der Waals surface area contributed by atoms with Crippen molar-refractivity contribution in [2.45, 2.75) is 5.66 Å². The summed E-state index contributed by atoms with van der Waals surface area (Å²) in [5.74, 6) is -0.413. The number of urea groups is 1. The van der Waals surface area contributed by atoms with Gasteiger partial charge in [-0.2, -0.15) is 0 Å². The van der Waals surface area contributed by atoms with Crippen LogP contribution in [0.5, 0.6) is 0 Å². The third kappa shape index (κ3) is 1.31. The van der Waals surface area contributed by atoms with Crippen LogP contribution in [0, 0.1) is 0 Å². The first-order valence-electron chi connectivity index (χ1n) is 5.82. The van der Waals surface area contributed by atoms with Crippen molar-refractivity contribution < 1.29 is 9.59 Å². The van der Waals surface area contributed by atoms with Crippen molar-refractivity contribution in [3.8, 4) is 0 Å². The van der Waals surface area contributed by atoms with Gasteiger partial charge in [0.2, 0.25) is 5.66 Å². The molecule has 2 aliphatic rings. The van der Waals surface area contributed by atoms with Crippen molar-refractivity contribution in [3.63, 3.8) is 0 Å². The van der Waals surface area contributed by atoms with Gasteiger partial charge in [0.05, 0.1) is 0 Å². The number of benzene rings is 1. The summed E-state index contributed by atoms with van der Waals surface area (Å²) in [7, 11) is 3.06. The average Bonchev–Trinajstić information content (AvgIpc) is 2.90. The molecule has 3 rings (SSSR count). The first kappa shape index (κ1) is 11.6. The summed E-state index contributed by atoms with van der Waals surface area (Å²) >= 11 is 0. The van der Waals surface area contributed by atoms with Crippen LogP contribution >= 0.6 is 0 Å². The molecule has 1 unspecified atom stereocenters. The van der Waals surface area contributed by atoms with Gasteiger partial charge in [-0.15, -0.1) is 0 Å². The molecule has 2 aliphatic heterocycles. The molecule has 6 nitrogen and oxygen atoms in total. The number of nitrogens with zero attached hydrogens (tertiary/aromatic N) is 4. The number of hydrogen-bond donors (Lipinski definition) is 0. The maximum absolute atomic E-state index is 12.2. The highest BCUT2D eigenvalue weighted by Crippen LogP contribution is 2.37. The second kappa shape index (κ2) is 3.74. The van der Waals surface area contributed by atoms with Crippen molar-refractivity contribution in [1.29, 1.82) is 0 Å². The Morgan fingerprint density at radius 1 is 1.11 bits per heavy atom. The molecule has 1 aromatic rings. The molecule has 0 aromatic heterocycles. The number of rotatable bonds is 1. The zero-order valence-electron chi connectivity index (χ0n) is 10.6. The quantitative estimate of drug-likeness (QED) is 0.747. The Morgan fingerprint density at radius 3 is 2.47 bits per heavy atom. The Labute approximate surface area is 110 Å².